The topological polar surface area (TPSA) is 46.9 Å². The molecule has 0 atom stereocenters. The number of hydrogen-bond donors (Lipinski definition) is 2. The summed E-state index contributed by atoms with van der Waals surface area (Å²) < 4.78 is 0. The van der Waals surface area contributed by atoms with Crippen LogP contribution in [-0.4, -0.2) is 28.9 Å². The molecule has 58 heavy (non-hydrogen) atoms. The monoisotopic (exact) mass is 808 g/mol. The largest absolute Gasteiger partial charge is 0.488 e. The minimum atomic E-state index is -1.49. The smallest absolute Gasteiger partial charge is 0.423 e. The Hall–Kier alpha value is -4.52. The van der Waals surface area contributed by atoms with Crippen LogP contribution in [0.1, 0.15) is 90.6 Å². The van der Waals surface area contributed by atoms with Crippen LogP contribution in [0.5, 0.6) is 0 Å². The van der Waals surface area contributed by atoms with Crippen molar-refractivity contribution in [1.29, 1.82) is 0 Å². The first-order chi connectivity index (χ1) is 27.7. The van der Waals surface area contributed by atoms with Gasteiger partial charge in [-0.15, -0.1) is 23.2 Å². The third-order valence-electron chi connectivity index (χ3n) is 12.0. The van der Waals surface area contributed by atoms with Crippen molar-refractivity contribution in [2.24, 2.45) is 0 Å². The van der Waals surface area contributed by atoms with Crippen LogP contribution in [0.4, 0.5) is 34.1 Å². The van der Waals surface area contributed by atoms with Crippen molar-refractivity contribution >= 4 is 69.9 Å². The Morgan fingerprint density at radius 2 is 0.793 bits per heavy atom. The van der Waals surface area contributed by atoms with E-state index >= 15 is 0 Å². The van der Waals surface area contributed by atoms with Gasteiger partial charge in [-0.25, -0.2) is 0 Å². The van der Waals surface area contributed by atoms with Crippen LogP contribution < -0.4 is 15.3 Å². The summed E-state index contributed by atoms with van der Waals surface area (Å²) in [6.07, 6.45) is 3.99. The molecule has 2 heterocycles. The van der Waals surface area contributed by atoms with Crippen molar-refractivity contribution in [3.8, 4) is 0 Å². The summed E-state index contributed by atoms with van der Waals surface area (Å²) in [6, 6.07) is 43.6. The number of halogens is 2. The molecule has 0 unspecified atom stereocenters. The van der Waals surface area contributed by atoms with Crippen LogP contribution in [0, 0.1) is 20.8 Å². The number of fused-ring (bicyclic) bond motifs is 4. The average Bonchev–Trinajstić information content (AvgIpc) is 3.21. The molecule has 7 heteroatoms. The molecule has 0 bridgehead atoms. The van der Waals surface area contributed by atoms with Gasteiger partial charge < -0.3 is 19.8 Å². The van der Waals surface area contributed by atoms with Gasteiger partial charge in [0.05, 0.1) is 22.7 Å². The van der Waals surface area contributed by atoms with Gasteiger partial charge in [0.2, 0.25) is 0 Å². The molecular formula is C51H55BCl2N2O2. The lowest BCUT2D eigenvalue weighted by molar-refractivity contribution is 0.425. The summed E-state index contributed by atoms with van der Waals surface area (Å²) in [5.74, 6) is 1.38. The Labute approximate surface area is 356 Å². The number of hydrogen-bond acceptors (Lipinski definition) is 4. The summed E-state index contributed by atoms with van der Waals surface area (Å²) in [4.78, 5) is 4.69. The molecule has 0 amide bonds. The molecule has 4 nitrogen and oxygen atoms in total. The second-order valence-electron chi connectivity index (χ2n) is 17.1. The van der Waals surface area contributed by atoms with Crippen LogP contribution >= 0.6 is 23.2 Å². The zero-order chi connectivity index (χ0) is 41.4. The molecule has 0 radical (unpaired) electrons. The summed E-state index contributed by atoms with van der Waals surface area (Å²) in [5, 5.41) is 19.5. The summed E-state index contributed by atoms with van der Waals surface area (Å²) in [5.41, 5.74) is 18.8. The van der Waals surface area contributed by atoms with Gasteiger partial charge in [-0.3, -0.25) is 0 Å². The highest BCUT2D eigenvalue weighted by Gasteiger charge is 2.39. The zero-order valence-corrected chi connectivity index (χ0v) is 36.4. The summed E-state index contributed by atoms with van der Waals surface area (Å²) in [7, 11) is -1.49. The Balaban J connectivity index is 0.000000177. The lowest BCUT2D eigenvalue weighted by atomic mass is 9.69. The fourth-order valence-electron chi connectivity index (χ4n) is 8.72. The lowest BCUT2D eigenvalue weighted by Gasteiger charge is -2.42. The summed E-state index contributed by atoms with van der Waals surface area (Å²) >= 11 is 11.7. The number of anilines is 6. The van der Waals surface area contributed by atoms with E-state index < -0.39 is 7.12 Å². The maximum absolute atomic E-state index is 9.75. The molecule has 0 aromatic heterocycles. The SMILES string of the molecule is Cc1ccc2c(c1)C(C)(C)c1cc(B(O)O)ccc1N2c1ccc(CCCCl)cc1.Cc1ccc2c(c1)C(C)(C)c1cc(C)ccc1N2c1ccc(CCCCl)cc1. The highest BCUT2D eigenvalue weighted by atomic mass is 35.5. The van der Waals surface area contributed by atoms with E-state index in [2.05, 4.69) is 161 Å². The highest BCUT2D eigenvalue weighted by molar-refractivity contribution is 6.58. The minimum Gasteiger partial charge on any atom is -0.423 e. The quantitative estimate of drug-likeness (QED) is 0.113. The van der Waals surface area contributed by atoms with Crippen molar-refractivity contribution in [2.75, 3.05) is 21.6 Å². The van der Waals surface area contributed by atoms with Crippen LogP contribution in [0.15, 0.2) is 121 Å². The number of alkyl halides is 2. The van der Waals surface area contributed by atoms with Crippen LogP contribution in [0.3, 0.4) is 0 Å². The molecule has 0 saturated carbocycles. The Morgan fingerprint density at radius 1 is 0.466 bits per heavy atom. The van der Waals surface area contributed by atoms with E-state index in [1.807, 2.05) is 12.1 Å². The molecule has 8 rings (SSSR count). The molecule has 6 aromatic rings. The average molecular weight is 810 g/mol. The van der Waals surface area contributed by atoms with Crippen molar-refractivity contribution in [1.82, 2.24) is 0 Å². The number of nitrogens with zero attached hydrogens (tertiary/aromatic N) is 2. The highest BCUT2D eigenvalue weighted by Crippen LogP contribution is 2.53. The molecular weight excluding hydrogens is 754 g/mol. The lowest BCUT2D eigenvalue weighted by Crippen LogP contribution is -2.35. The third kappa shape index (κ3) is 8.07. The van der Waals surface area contributed by atoms with Crippen molar-refractivity contribution in [3.05, 3.63) is 171 Å². The Morgan fingerprint density at radius 3 is 1.12 bits per heavy atom. The molecule has 0 spiro atoms. The van der Waals surface area contributed by atoms with E-state index in [0.29, 0.717) is 17.2 Å². The fourth-order valence-corrected chi connectivity index (χ4v) is 8.98. The van der Waals surface area contributed by atoms with Crippen molar-refractivity contribution in [2.45, 2.75) is 85.0 Å². The predicted molar refractivity (Wildman–Crippen MR) is 249 cm³/mol. The van der Waals surface area contributed by atoms with Gasteiger partial charge >= 0.3 is 7.12 Å². The van der Waals surface area contributed by atoms with Gasteiger partial charge in [0.15, 0.2) is 0 Å². The Bertz CT molecular complexity index is 2350. The second kappa shape index (κ2) is 17.0. The zero-order valence-electron chi connectivity index (χ0n) is 34.9. The van der Waals surface area contributed by atoms with Gasteiger partial charge in [-0.05, 0) is 134 Å². The van der Waals surface area contributed by atoms with E-state index in [1.54, 1.807) is 6.07 Å². The van der Waals surface area contributed by atoms with Gasteiger partial charge in [-0.1, -0.05) is 117 Å². The van der Waals surface area contributed by atoms with E-state index in [0.717, 1.165) is 48.3 Å². The van der Waals surface area contributed by atoms with Crippen molar-refractivity contribution < 1.29 is 10.0 Å². The van der Waals surface area contributed by atoms with Crippen LogP contribution in [-0.2, 0) is 23.7 Å². The predicted octanol–water partition coefficient (Wildman–Crippen LogP) is 12.5. The van der Waals surface area contributed by atoms with E-state index in [1.165, 1.54) is 61.6 Å². The molecule has 2 aliphatic heterocycles. The molecule has 0 fully saturated rings. The van der Waals surface area contributed by atoms with Gasteiger partial charge in [0.25, 0.3) is 0 Å². The fraction of sp³-hybridized carbons (Fsp3) is 0.294. The summed E-state index contributed by atoms with van der Waals surface area (Å²) in [6.45, 7) is 15.5. The van der Waals surface area contributed by atoms with E-state index in [-0.39, 0.29) is 10.8 Å². The van der Waals surface area contributed by atoms with Crippen LogP contribution in [0.2, 0.25) is 0 Å². The maximum atomic E-state index is 9.75. The number of rotatable bonds is 9. The Kier molecular flexibility index (Phi) is 12.2. The van der Waals surface area contributed by atoms with Gasteiger partial charge in [0, 0.05) is 34.0 Å². The standard InChI is InChI=1S/C26H28ClN.C25H27BClNO2/c1-18-7-13-24-22(16-18)26(3,4)23-17-19(2)8-14-25(23)28(24)21-11-9-20(10-12-21)6-5-15-27;1-17-6-12-23-21(15-17)25(2,3)22-16-19(26(29)30)9-13-24(22)28(23)20-10-7-18(8-11-20)5-4-14-27/h7-14,16-17H,5-6,15H2,1-4H3;6-13,15-16,29-30H,4-5,14H2,1-3H3. The second-order valence-corrected chi connectivity index (χ2v) is 17.8. The molecule has 2 N–H and O–H groups in total. The third-order valence-corrected chi connectivity index (χ3v) is 12.6. The van der Waals surface area contributed by atoms with Gasteiger partial charge in [-0.2, -0.15) is 0 Å². The molecule has 2 aliphatic rings. The first kappa shape index (κ1) is 41.6. The number of benzene rings is 6. The maximum Gasteiger partial charge on any atom is 0.488 e. The molecule has 6 aromatic carbocycles. The first-order valence-corrected chi connectivity index (χ1v) is 21.6. The molecule has 0 saturated heterocycles. The van der Waals surface area contributed by atoms with E-state index in [4.69, 9.17) is 23.2 Å². The normalized spacial score (nSPS) is 14.4. The number of aryl methyl sites for hydroxylation is 5. The van der Waals surface area contributed by atoms with Gasteiger partial charge in [0.1, 0.15) is 0 Å². The minimum absolute atomic E-state index is 0.0283. The molecule has 0 aliphatic carbocycles. The van der Waals surface area contributed by atoms with Crippen LogP contribution in [0.25, 0.3) is 0 Å². The van der Waals surface area contributed by atoms with Crippen molar-refractivity contribution in [3.63, 3.8) is 0 Å². The van der Waals surface area contributed by atoms with E-state index in [9.17, 15) is 10.0 Å². The first-order valence-electron chi connectivity index (χ1n) is 20.5. The molecule has 298 valence electrons.